The van der Waals surface area contributed by atoms with Crippen molar-refractivity contribution in [3.63, 3.8) is 0 Å². The van der Waals surface area contributed by atoms with Crippen molar-refractivity contribution in [2.45, 2.75) is 38.8 Å². The van der Waals surface area contributed by atoms with Crippen LogP contribution in [0.5, 0.6) is 11.5 Å². The van der Waals surface area contributed by atoms with Gasteiger partial charge in [-0.15, -0.1) is 0 Å². The molecule has 0 aliphatic rings. The van der Waals surface area contributed by atoms with Crippen LogP contribution in [0, 0.1) is 0 Å². The van der Waals surface area contributed by atoms with Crippen LogP contribution in [0.4, 0.5) is 0 Å². The Morgan fingerprint density at radius 1 is 0.667 bits per heavy atom. The molecule has 0 N–H and O–H groups in total. The van der Waals surface area contributed by atoms with Crippen LogP contribution in [0.2, 0.25) is 0 Å². The first-order chi connectivity index (χ1) is 13.0. The summed E-state index contributed by atoms with van der Waals surface area (Å²) in [6, 6.07) is 17.6. The lowest BCUT2D eigenvalue weighted by Crippen LogP contribution is -2.37. The minimum absolute atomic E-state index is 0.381. The van der Waals surface area contributed by atoms with Gasteiger partial charge >= 0.3 is 0 Å². The topological polar surface area (TPSA) is 24.9 Å². The molecule has 0 unspecified atom stereocenters. The Kier molecular flexibility index (Phi) is 8.14. The van der Waals surface area contributed by atoms with E-state index in [0.717, 1.165) is 31.0 Å². The molecule has 0 spiro atoms. The van der Waals surface area contributed by atoms with Crippen LogP contribution >= 0.6 is 0 Å². The summed E-state index contributed by atoms with van der Waals surface area (Å²) in [5, 5.41) is 0. The van der Waals surface area contributed by atoms with Crippen LogP contribution in [0.3, 0.4) is 0 Å². The van der Waals surface area contributed by atoms with E-state index in [2.05, 4.69) is 62.0 Å². The van der Waals surface area contributed by atoms with Crippen LogP contribution in [0.1, 0.15) is 49.9 Å². The highest BCUT2D eigenvalue weighted by Gasteiger charge is 2.21. The molecule has 0 amide bonds. The average molecular weight is 371 g/mol. The predicted octanol–water partition coefficient (Wildman–Crippen LogP) is 5.13. The minimum Gasteiger partial charge on any atom is -0.497 e. The highest BCUT2D eigenvalue weighted by Crippen LogP contribution is 2.28. The van der Waals surface area contributed by atoms with E-state index in [9.17, 15) is 0 Å². The van der Waals surface area contributed by atoms with Crippen molar-refractivity contribution in [2.75, 3.05) is 35.0 Å². The predicted molar refractivity (Wildman–Crippen MR) is 112 cm³/mol. The Morgan fingerprint density at radius 3 is 1.26 bits per heavy atom. The maximum atomic E-state index is 5.29. The number of nitrogens with zero attached hydrogens (tertiary/aromatic N) is 2. The fraction of sp³-hybridized carbons (Fsp3) is 0.478. The first-order valence-electron chi connectivity index (χ1n) is 9.72. The summed E-state index contributed by atoms with van der Waals surface area (Å²) in [5.74, 6) is 1.80. The molecule has 2 aromatic carbocycles. The van der Waals surface area contributed by atoms with Crippen molar-refractivity contribution < 1.29 is 9.47 Å². The standard InChI is InChI=1S/C23H34N2O2/c1-7-22(18-9-13-20(26-5)14-10-18)24(3)17-25(4)23(8-2)19-11-15-21(27-6)16-12-19/h9-16,22-23H,7-8,17H2,1-6H3/t22-,23+. The number of methoxy groups -OCH3 is 2. The summed E-state index contributed by atoms with van der Waals surface area (Å²) in [7, 11) is 7.82. The van der Waals surface area contributed by atoms with Crippen LogP contribution in [0.15, 0.2) is 48.5 Å². The number of rotatable bonds is 10. The molecular formula is C23H34N2O2. The fourth-order valence-corrected chi connectivity index (χ4v) is 3.80. The lowest BCUT2D eigenvalue weighted by molar-refractivity contribution is 0.101. The monoisotopic (exact) mass is 370 g/mol. The molecule has 0 aliphatic carbocycles. The van der Waals surface area contributed by atoms with Crippen LogP contribution in [0.25, 0.3) is 0 Å². The van der Waals surface area contributed by atoms with Gasteiger partial charge in [0, 0.05) is 12.1 Å². The van der Waals surface area contributed by atoms with Crippen molar-refractivity contribution >= 4 is 0 Å². The third kappa shape index (κ3) is 5.47. The van der Waals surface area contributed by atoms with Gasteiger partial charge in [-0.2, -0.15) is 0 Å². The van der Waals surface area contributed by atoms with Gasteiger partial charge in [0.15, 0.2) is 0 Å². The third-order valence-electron chi connectivity index (χ3n) is 5.28. The second-order valence-electron chi connectivity index (χ2n) is 7.05. The van der Waals surface area contributed by atoms with E-state index in [-0.39, 0.29) is 0 Å². The molecule has 148 valence electrons. The summed E-state index contributed by atoms with van der Waals surface area (Å²) in [6.07, 6.45) is 2.13. The molecule has 0 radical (unpaired) electrons. The molecule has 2 atom stereocenters. The zero-order chi connectivity index (χ0) is 19.8. The number of hydrogen-bond donors (Lipinski definition) is 0. The van der Waals surface area contributed by atoms with Crippen LogP contribution < -0.4 is 9.47 Å². The number of hydrogen-bond acceptors (Lipinski definition) is 4. The molecule has 4 nitrogen and oxygen atoms in total. The normalized spacial score (nSPS) is 13.6. The Balaban J connectivity index is 2.08. The van der Waals surface area contributed by atoms with Gasteiger partial charge in [-0.1, -0.05) is 38.1 Å². The second-order valence-corrected chi connectivity index (χ2v) is 7.05. The Bertz CT molecular complexity index is 610. The summed E-state index contributed by atoms with van der Waals surface area (Å²) < 4.78 is 10.6. The zero-order valence-electron chi connectivity index (χ0n) is 17.6. The smallest absolute Gasteiger partial charge is 0.118 e. The van der Waals surface area contributed by atoms with Gasteiger partial charge in [-0.05, 0) is 62.3 Å². The molecule has 27 heavy (non-hydrogen) atoms. The second kappa shape index (κ2) is 10.3. The van der Waals surface area contributed by atoms with Gasteiger partial charge in [0.2, 0.25) is 0 Å². The Labute approximate surface area is 164 Å². The lowest BCUT2D eigenvalue weighted by Gasteiger charge is -2.35. The molecule has 4 heteroatoms. The SMILES string of the molecule is CC[C@H](c1ccc(OC)cc1)N(C)CN(C)[C@@H](CC)c1ccc(OC)cc1. The Hall–Kier alpha value is -2.04. The van der Waals surface area contributed by atoms with Crippen LogP contribution in [-0.4, -0.2) is 44.8 Å². The van der Waals surface area contributed by atoms with E-state index in [1.807, 2.05) is 24.3 Å². The van der Waals surface area contributed by atoms with Gasteiger partial charge in [0.1, 0.15) is 11.5 Å². The van der Waals surface area contributed by atoms with Gasteiger partial charge in [0.25, 0.3) is 0 Å². The fourth-order valence-electron chi connectivity index (χ4n) is 3.80. The van der Waals surface area contributed by atoms with E-state index in [4.69, 9.17) is 9.47 Å². The van der Waals surface area contributed by atoms with E-state index in [0.29, 0.717) is 12.1 Å². The van der Waals surface area contributed by atoms with E-state index < -0.39 is 0 Å². The molecular weight excluding hydrogens is 336 g/mol. The van der Waals surface area contributed by atoms with Crippen LogP contribution in [-0.2, 0) is 0 Å². The van der Waals surface area contributed by atoms with Gasteiger partial charge in [-0.25, -0.2) is 0 Å². The summed E-state index contributed by atoms with van der Waals surface area (Å²) in [5.41, 5.74) is 2.65. The van der Waals surface area contributed by atoms with Crippen molar-refractivity contribution in [3.8, 4) is 11.5 Å². The molecule has 0 fully saturated rings. The molecule has 0 aromatic heterocycles. The molecule has 0 heterocycles. The summed E-state index contributed by atoms with van der Waals surface area (Å²) >= 11 is 0. The summed E-state index contributed by atoms with van der Waals surface area (Å²) in [6.45, 7) is 5.38. The zero-order valence-corrected chi connectivity index (χ0v) is 17.6. The van der Waals surface area contributed by atoms with E-state index in [1.54, 1.807) is 14.2 Å². The minimum atomic E-state index is 0.381. The number of benzene rings is 2. The maximum Gasteiger partial charge on any atom is 0.118 e. The quantitative estimate of drug-likeness (QED) is 0.542. The van der Waals surface area contributed by atoms with E-state index >= 15 is 0 Å². The highest BCUT2D eigenvalue weighted by atomic mass is 16.5. The largest absolute Gasteiger partial charge is 0.497 e. The summed E-state index contributed by atoms with van der Waals surface area (Å²) in [4.78, 5) is 4.85. The molecule has 0 saturated carbocycles. The molecule has 2 aromatic rings. The van der Waals surface area contributed by atoms with Crippen molar-refractivity contribution in [3.05, 3.63) is 59.7 Å². The van der Waals surface area contributed by atoms with Gasteiger partial charge < -0.3 is 9.47 Å². The maximum absolute atomic E-state index is 5.29. The van der Waals surface area contributed by atoms with Gasteiger partial charge in [-0.3, -0.25) is 9.80 Å². The molecule has 2 rings (SSSR count). The molecule has 0 saturated heterocycles. The highest BCUT2D eigenvalue weighted by molar-refractivity contribution is 5.30. The number of ether oxygens (including phenoxy) is 2. The molecule has 0 bridgehead atoms. The molecule has 0 aliphatic heterocycles. The lowest BCUT2D eigenvalue weighted by atomic mass is 10.0. The first-order valence-corrected chi connectivity index (χ1v) is 9.72. The van der Waals surface area contributed by atoms with Gasteiger partial charge in [0.05, 0.1) is 20.9 Å². The average Bonchev–Trinajstić information content (AvgIpc) is 2.70. The Morgan fingerprint density at radius 2 is 1.00 bits per heavy atom. The van der Waals surface area contributed by atoms with E-state index in [1.165, 1.54) is 11.1 Å². The van der Waals surface area contributed by atoms with Crippen molar-refractivity contribution in [1.82, 2.24) is 9.80 Å². The van der Waals surface area contributed by atoms with Crippen molar-refractivity contribution in [1.29, 1.82) is 0 Å². The van der Waals surface area contributed by atoms with Crippen molar-refractivity contribution in [2.24, 2.45) is 0 Å². The third-order valence-corrected chi connectivity index (χ3v) is 5.28. The first kappa shape index (κ1) is 21.3.